The maximum atomic E-state index is 13.9. The molecular formula is C18H22FNO4S. The Kier molecular flexibility index (Phi) is 6.02. The van der Waals surface area contributed by atoms with Gasteiger partial charge in [0, 0.05) is 13.1 Å². The van der Waals surface area contributed by atoms with Crippen molar-refractivity contribution in [3.63, 3.8) is 0 Å². The van der Waals surface area contributed by atoms with Gasteiger partial charge in [0.05, 0.1) is 14.2 Å². The number of benzene rings is 2. The zero-order chi connectivity index (χ0) is 18.6. The van der Waals surface area contributed by atoms with Gasteiger partial charge in [0.2, 0.25) is 10.0 Å². The van der Waals surface area contributed by atoms with Crippen molar-refractivity contribution >= 4 is 10.0 Å². The molecule has 136 valence electrons. The van der Waals surface area contributed by atoms with E-state index in [0.29, 0.717) is 5.56 Å². The summed E-state index contributed by atoms with van der Waals surface area (Å²) in [5.74, 6) is -0.124. The van der Waals surface area contributed by atoms with Gasteiger partial charge >= 0.3 is 0 Å². The Morgan fingerprint density at radius 1 is 1.04 bits per heavy atom. The molecule has 0 fully saturated rings. The Hall–Kier alpha value is -2.12. The van der Waals surface area contributed by atoms with Gasteiger partial charge in [-0.3, -0.25) is 0 Å². The molecule has 0 heterocycles. The molecule has 0 saturated carbocycles. The van der Waals surface area contributed by atoms with Crippen LogP contribution < -0.4 is 9.47 Å². The highest BCUT2D eigenvalue weighted by molar-refractivity contribution is 7.89. The lowest BCUT2D eigenvalue weighted by Gasteiger charge is -2.22. The van der Waals surface area contributed by atoms with Crippen LogP contribution in [-0.4, -0.2) is 33.5 Å². The van der Waals surface area contributed by atoms with Gasteiger partial charge in [0.25, 0.3) is 0 Å². The Morgan fingerprint density at radius 3 is 2.24 bits per heavy atom. The van der Waals surface area contributed by atoms with Gasteiger partial charge in [-0.2, -0.15) is 4.31 Å². The van der Waals surface area contributed by atoms with E-state index in [-0.39, 0.29) is 29.5 Å². The number of halogens is 1. The maximum absolute atomic E-state index is 13.9. The van der Waals surface area contributed by atoms with E-state index in [4.69, 9.17) is 9.47 Å². The topological polar surface area (TPSA) is 55.8 Å². The Balaban J connectivity index is 2.39. The fourth-order valence-corrected chi connectivity index (χ4v) is 4.18. The Bertz CT molecular complexity index is 852. The molecule has 5 nitrogen and oxygen atoms in total. The van der Waals surface area contributed by atoms with Crippen molar-refractivity contribution in [2.24, 2.45) is 0 Å². The van der Waals surface area contributed by atoms with Crippen molar-refractivity contribution in [3.8, 4) is 11.5 Å². The highest BCUT2D eigenvalue weighted by Gasteiger charge is 2.27. The molecule has 0 unspecified atom stereocenters. The van der Waals surface area contributed by atoms with E-state index >= 15 is 0 Å². The normalized spacial score (nSPS) is 11.6. The predicted molar refractivity (Wildman–Crippen MR) is 94.0 cm³/mol. The molecule has 7 heteroatoms. The zero-order valence-electron chi connectivity index (χ0n) is 14.7. The largest absolute Gasteiger partial charge is 0.495 e. The lowest BCUT2D eigenvalue weighted by atomic mass is 10.2. The van der Waals surface area contributed by atoms with Crippen LogP contribution in [0.2, 0.25) is 0 Å². The second-order valence-corrected chi connectivity index (χ2v) is 7.46. The SMILES string of the molecule is CCN(Cc1ccc(OC)c(F)c1)S(=O)(=O)c1cc(C)ccc1OC. The molecule has 0 aliphatic rings. The summed E-state index contributed by atoms with van der Waals surface area (Å²) in [7, 11) is -0.979. The lowest BCUT2D eigenvalue weighted by molar-refractivity contribution is 0.382. The number of ether oxygens (including phenoxy) is 2. The first-order valence-corrected chi connectivity index (χ1v) is 9.24. The minimum atomic E-state index is -3.79. The summed E-state index contributed by atoms with van der Waals surface area (Å²) in [5.41, 5.74) is 1.35. The number of nitrogens with zero attached hydrogens (tertiary/aromatic N) is 1. The molecule has 0 aromatic heterocycles. The first-order chi connectivity index (χ1) is 11.8. The van der Waals surface area contributed by atoms with Crippen molar-refractivity contribution in [2.45, 2.75) is 25.3 Å². The monoisotopic (exact) mass is 367 g/mol. The van der Waals surface area contributed by atoms with Crippen molar-refractivity contribution in [1.29, 1.82) is 0 Å². The van der Waals surface area contributed by atoms with E-state index < -0.39 is 15.8 Å². The van der Waals surface area contributed by atoms with Crippen LogP contribution >= 0.6 is 0 Å². The average Bonchev–Trinajstić information content (AvgIpc) is 2.59. The van der Waals surface area contributed by atoms with Gasteiger partial charge < -0.3 is 9.47 Å². The molecule has 0 saturated heterocycles. The van der Waals surface area contributed by atoms with Crippen molar-refractivity contribution in [3.05, 3.63) is 53.3 Å². The summed E-state index contributed by atoms with van der Waals surface area (Å²) in [6.07, 6.45) is 0. The number of rotatable bonds is 7. The highest BCUT2D eigenvalue weighted by Crippen LogP contribution is 2.29. The summed E-state index contributed by atoms with van der Waals surface area (Å²) < 4.78 is 51.3. The van der Waals surface area contributed by atoms with Crippen LogP contribution in [0.1, 0.15) is 18.1 Å². The van der Waals surface area contributed by atoms with Crippen LogP contribution in [0.15, 0.2) is 41.3 Å². The van der Waals surface area contributed by atoms with Gasteiger partial charge in [0.15, 0.2) is 11.6 Å². The zero-order valence-corrected chi connectivity index (χ0v) is 15.6. The molecule has 0 bridgehead atoms. The van der Waals surface area contributed by atoms with Crippen molar-refractivity contribution < 1.29 is 22.3 Å². The highest BCUT2D eigenvalue weighted by atomic mass is 32.2. The molecule has 25 heavy (non-hydrogen) atoms. The standard InChI is InChI=1S/C18H22FNO4S/c1-5-20(12-14-7-9-16(23-3)15(19)11-14)25(21,22)18-10-13(2)6-8-17(18)24-4/h6-11H,5,12H2,1-4H3. The fraction of sp³-hybridized carbons (Fsp3) is 0.333. The average molecular weight is 367 g/mol. The van der Waals surface area contributed by atoms with E-state index in [1.54, 1.807) is 31.2 Å². The van der Waals surface area contributed by atoms with Gasteiger partial charge in [0.1, 0.15) is 10.6 Å². The second-order valence-electron chi connectivity index (χ2n) is 5.55. The lowest BCUT2D eigenvalue weighted by Crippen LogP contribution is -2.30. The molecule has 2 aromatic carbocycles. The van der Waals surface area contributed by atoms with E-state index in [2.05, 4.69) is 0 Å². The molecular weight excluding hydrogens is 345 g/mol. The summed E-state index contributed by atoms with van der Waals surface area (Å²) in [4.78, 5) is 0.103. The van der Waals surface area contributed by atoms with Crippen LogP contribution in [0.3, 0.4) is 0 Å². The maximum Gasteiger partial charge on any atom is 0.247 e. The molecule has 2 aromatic rings. The third kappa shape index (κ3) is 4.11. The second kappa shape index (κ2) is 7.84. The molecule has 0 atom stereocenters. The number of hydrogen-bond donors (Lipinski definition) is 0. The molecule has 0 N–H and O–H groups in total. The van der Waals surface area contributed by atoms with E-state index in [9.17, 15) is 12.8 Å². The van der Waals surface area contributed by atoms with Crippen LogP contribution in [0.25, 0.3) is 0 Å². The van der Waals surface area contributed by atoms with Gasteiger partial charge in [-0.1, -0.05) is 19.1 Å². The first-order valence-electron chi connectivity index (χ1n) is 7.80. The predicted octanol–water partition coefficient (Wildman–Crippen LogP) is 3.36. The summed E-state index contributed by atoms with van der Waals surface area (Å²) in [6.45, 7) is 3.84. The van der Waals surface area contributed by atoms with Gasteiger partial charge in [-0.05, 0) is 42.3 Å². The smallest absolute Gasteiger partial charge is 0.247 e. The third-order valence-electron chi connectivity index (χ3n) is 3.86. The molecule has 2 rings (SSSR count). The molecule has 0 spiro atoms. The van der Waals surface area contributed by atoms with Crippen molar-refractivity contribution in [1.82, 2.24) is 4.31 Å². The number of methoxy groups -OCH3 is 2. The molecule has 0 radical (unpaired) electrons. The summed E-state index contributed by atoms with van der Waals surface area (Å²) >= 11 is 0. The minimum Gasteiger partial charge on any atom is -0.495 e. The van der Waals surface area contributed by atoms with Crippen LogP contribution in [-0.2, 0) is 16.6 Å². The first kappa shape index (κ1) is 19.2. The third-order valence-corrected chi connectivity index (χ3v) is 5.81. The summed E-state index contributed by atoms with van der Waals surface area (Å²) in [5, 5.41) is 0. The minimum absolute atomic E-state index is 0.0524. The van der Waals surface area contributed by atoms with E-state index in [1.807, 2.05) is 6.92 Å². The van der Waals surface area contributed by atoms with Gasteiger partial charge in [-0.25, -0.2) is 12.8 Å². The van der Waals surface area contributed by atoms with Crippen LogP contribution in [0.4, 0.5) is 4.39 Å². The quantitative estimate of drug-likeness (QED) is 0.753. The number of hydrogen-bond acceptors (Lipinski definition) is 4. The van der Waals surface area contributed by atoms with E-state index in [1.165, 1.54) is 30.7 Å². The Morgan fingerprint density at radius 2 is 1.68 bits per heavy atom. The summed E-state index contributed by atoms with van der Waals surface area (Å²) in [6, 6.07) is 9.40. The number of sulfonamides is 1. The molecule has 0 aliphatic carbocycles. The van der Waals surface area contributed by atoms with Gasteiger partial charge in [-0.15, -0.1) is 0 Å². The van der Waals surface area contributed by atoms with Crippen LogP contribution in [0.5, 0.6) is 11.5 Å². The fourth-order valence-electron chi connectivity index (χ4n) is 2.50. The Labute approximate surface area is 148 Å². The molecule has 0 aliphatic heterocycles. The van der Waals surface area contributed by atoms with Crippen LogP contribution in [0, 0.1) is 12.7 Å². The molecule has 0 amide bonds. The van der Waals surface area contributed by atoms with Crippen molar-refractivity contribution in [2.75, 3.05) is 20.8 Å². The number of aryl methyl sites for hydroxylation is 1. The van der Waals surface area contributed by atoms with E-state index in [0.717, 1.165) is 5.56 Å².